The van der Waals surface area contributed by atoms with Gasteiger partial charge in [-0.1, -0.05) is 18.2 Å². The van der Waals surface area contributed by atoms with E-state index in [0.29, 0.717) is 5.69 Å². The van der Waals surface area contributed by atoms with Crippen molar-refractivity contribution in [2.75, 3.05) is 5.32 Å². The number of hydrogen-bond acceptors (Lipinski definition) is 3. The predicted molar refractivity (Wildman–Crippen MR) is 81.1 cm³/mol. The summed E-state index contributed by atoms with van der Waals surface area (Å²) in [5.41, 5.74) is 1.77. The average Bonchev–Trinajstić information content (AvgIpc) is 2.50. The third-order valence-electron chi connectivity index (χ3n) is 3.14. The van der Waals surface area contributed by atoms with Gasteiger partial charge < -0.3 is 10.1 Å². The van der Waals surface area contributed by atoms with Crippen LogP contribution in [0.15, 0.2) is 48.5 Å². The Morgan fingerprint density at radius 3 is 2.36 bits per heavy atom. The van der Waals surface area contributed by atoms with Crippen molar-refractivity contribution in [3.05, 3.63) is 65.5 Å². The molecule has 5 heteroatoms. The number of amides is 1. The van der Waals surface area contributed by atoms with Gasteiger partial charge in [0.05, 0.1) is 5.56 Å². The number of esters is 1. The normalized spacial score (nSPS) is 11.6. The average molecular weight is 301 g/mol. The molecular weight excluding hydrogens is 285 g/mol. The van der Waals surface area contributed by atoms with Gasteiger partial charge in [-0.05, 0) is 49.7 Å². The highest BCUT2D eigenvalue weighted by atomic mass is 19.1. The summed E-state index contributed by atoms with van der Waals surface area (Å²) in [7, 11) is 0. The molecule has 1 atom stereocenters. The van der Waals surface area contributed by atoms with Crippen LogP contribution >= 0.6 is 0 Å². The minimum atomic E-state index is -0.961. The van der Waals surface area contributed by atoms with Crippen LogP contribution in [0.1, 0.15) is 22.8 Å². The first-order valence-electron chi connectivity index (χ1n) is 6.80. The number of halogens is 1. The molecule has 0 spiro atoms. The maximum absolute atomic E-state index is 12.8. The summed E-state index contributed by atoms with van der Waals surface area (Å²) in [4.78, 5) is 23.9. The summed E-state index contributed by atoms with van der Waals surface area (Å²) in [5.74, 6) is -1.54. The highest BCUT2D eigenvalue weighted by Gasteiger charge is 2.19. The first-order chi connectivity index (χ1) is 10.5. The van der Waals surface area contributed by atoms with Gasteiger partial charge in [0.2, 0.25) is 0 Å². The lowest BCUT2D eigenvalue weighted by Crippen LogP contribution is -2.30. The van der Waals surface area contributed by atoms with Crippen molar-refractivity contribution in [1.82, 2.24) is 0 Å². The predicted octanol–water partition coefficient (Wildman–Crippen LogP) is 3.32. The Balaban J connectivity index is 1.98. The molecule has 0 saturated carbocycles. The molecule has 0 aliphatic rings. The second-order valence-electron chi connectivity index (χ2n) is 4.86. The number of ether oxygens (including phenoxy) is 1. The van der Waals surface area contributed by atoms with Gasteiger partial charge in [0, 0.05) is 5.69 Å². The smallest absolute Gasteiger partial charge is 0.338 e. The van der Waals surface area contributed by atoms with Crippen molar-refractivity contribution in [3.8, 4) is 0 Å². The van der Waals surface area contributed by atoms with Crippen molar-refractivity contribution < 1.29 is 18.7 Å². The van der Waals surface area contributed by atoms with Crippen molar-refractivity contribution in [3.63, 3.8) is 0 Å². The van der Waals surface area contributed by atoms with Gasteiger partial charge in [0.1, 0.15) is 5.82 Å². The molecule has 114 valence electrons. The lowest BCUT2D eigenvalue weighted by atomic mass is 10.2. The molecule has 4 nitrogen and oxygen atoms in total. The van der Waals surface area contributed by atoms with Crippen molar-refractivity contribution in [1.29, 1.82) is 0 Å². The van der Waals surface area contributed by atoms with Crippen LogP contribution in [0.5, 0.6) is 0 Å². The zero-order valence-corrected chi connectivity index (χ0v) is 12.3. The number of para-hydroxylation sites is 1. The van der Waals surface area contributed by atoms with E-state index in [2.05, 4.69) is 5.32 Å². The Hall–Kier alpha value is -2.69. The Morgan fingerprint density at radius 1 is 1.09 bits per heavy atom. The van der Waals surface area contributed by atoms with Gasteiger partial charge in [-0.15, -0.1) is 0 Å². The number of carbonyl (C=O) groups excluding carboxylic acids is 2. The van der Waals surface area contributed by atoms with Gasteiger partial charge in [0.25, 0.3) is 5.91 Å². The molecule has 0 heterocycles. The molecule has 0 bridgehead atoms. The number of benzene rings is 2. The van der Waals surface area contributed by atoms with Crippen LogP contribution in [0.25, 0.3) is 0 Å². The summed E-state index contributed by atoms with van der Waals surface area (Å²) in [6.45, 7) is 3.35. The van der Waals surface area contributed by atoms with E-state index in [1.165, 1.54) is 19.1 Å². The first-order valence-corrected chi connectivity index (χ1v) is 6.80. The summed E-state index contributed by atoms with van der Waals surface area (Å²) < 4.78 is 17.9. The topological polar surface area (TPSA) is 55.4 Å². The van der Waals surface area contributed by atoms with E-state index in [4.69, 9.17) is 4.74 Å². The van der Waals surface area contributed by atoms with E-state index in [-0.39, 0.29) is 5.56 Å². The molecular formula is C17H16FNO3. The van der Waals surface area contributed by atoms with Gasteiger partial charge in [-0.3, -0.25) is 4.79 Å². The van der Waals surface area contributed by atoms with E-state index < -0.39 is 23.8 Å². The van der Waals surface area contributed by atoms with Crippen LogP contribution in [0, 0.1) is 12.7 Å². The number of rotatable bonds is 4. The Bertz CT molecular complexity index is 683. The van der Waals surface area contributed by atoms with E-state index in [9.17, 15) is 14.0 Å². The molecule has 0 aromatic heterocycles. The van der Waals surface area contributed by atoms with Gasteiger partial charge in [0.15, 0.2) is 6.10 Å². The van der Waals surface area contributed by atoms with Gasteiger partial charge in [-0.25, -0.2) is 9.18 Å². The highest BCUT2D eigenvalue weighted by molar-refractivity contribution is 5.97. The Kier molecular flexibility index (Phi) is 4.88. The van der Waals surface area contributed by atoms with Crippen molar-refractivity contribution in [2.24, 2.45) is 0 Å². The van der Waals surface area contributed by atoms with E-state index in [1.54, 1.807) is 12.1 Å². The fraction of sp³-hybridized carbons (Fsp3) is 0.176. The minimum Gasteiger partial charge on any atom is -0.449 e. The number of hydrogen-bond donors (Lipinski definition) is 1. The molecule has 2 rings (SSSR count). The van der Waals surface area contributed by atoms with Crippen molar-refractivity contribution in [2.45, 2.75) is 20.0 Å². The molecule has 1 amide bonds. The molecule has 0 aliphatic carbocycles. The maximum Gasteiger partial charge on any atom is 0.338 e. The van der Waals surface area contributed by atoms with E-state index in [1.807, 2.05) is 19.1 Å². The molecule has 2 aromatic carbocycles. The third-order valence-corrected chi connectivity index (χ3v) is 3.14. The molecule has 0 aliphatic heterocycles. The highest BCUT2D eigenvalue weighted by Crippen LogP contribution is 2.14. The fourth-order valence-electron chi connectivity index (χ4n) is 1.82. The zero-order chi connectivity index (χ0) is 16.1. The lowest BCUT2D eigenvalue weighted by Gasteiger charge is -2.14. The third kappa shape index (κ3) is 3.91. The number of nitrogens with one attached hydrogen (secondary N) is 1. The quantitative estimate of drug-likeness (QED) is 0.881. The largest absolute Gasteiger partial charge is 0.449 e. The second-order valence-corrected chi connectivity index (χ2v) is 4.86. The molecule has 2 aromatic rings. The van der Waals surface area contributed by atoms with Gasteiger partial charge >= 0.3 is 5.97 Å². The number of aryl methyl sites for hydroxylation is 1. The standard InChI is InChI=1S/C17H16FNO3/c1-11-5-3-4-6-15(11)19-16(20)12(2)22-17(21)13-7-9-14(18)10-8-13/h3-10,12H,1-2H3,(H,19,20). The molecule has 0 saturated heterocycles. The minimum absolute atomic E-state index is 0.192. The van der Waals surface area contributed by atoms with Crippen LogP contribution in [-0.4, -0.2) is 18.0 Å². The second kappa shape index (κ2) is 6.85. The van der Waals surface area contributed by atoms with Crippen LogP contribution in [-0.2, 0) is 9.53 Å². The Labute approximate surface area is 127 Å². The van der Waals surface area contributed by atoms with E-state index >= 15 is 0 Å². The van der Waals surface area contributed by atoms with Crippen LogP contribution in [0.4, 0.5) is 10.1 Å². The molecule has 22 heavy (non-hydrogen) atoms. The zero-order valence-electron chi connectivity index (χ0n) is 12.3. The summed E-state index contributed by atoms with van der Waals surface area (Å²) in [5, 5.41) is 2.70. The SMILES string of the molecule is Cc1ccccc1NC(=O)C(C)OC(=O)c1ccc(F)cc1. The fourth-order valence-corrected chi connectivity index (χ4v) is 1.82. The molecule has 0 radical (unpaired) electrons. The summed E-state index contributed by atoms with van der Waals surface area (Å²) in [6, 6.07) is 12.2. The van der Waals surface area contributed by atoms with Crippen LogP contribution in [0.2, 0.25) is 0 Å². The Morgan fingerprint density at radius 2 is 1.73 bits per heavy atom. The van der Waals surface area contributed by atoms with Gasteiger partial charge in [-0.2, -0.15) is 0 Å². The monoisotopic (exact) mass is 301 g/mol. The number of anilines is 1. The van der Waals surface area contributed by atoms with Crippen LogP contribution < -0.4 is 5.32 Å². The summed E-state index contributed by atoms with van der Waals surface area (Å²) in [6.07, 6.45) is -0.961. The number of carbonyl (C=O) groups is 2. The first kappa shape index (κ1) is 15.7. The lowest BCUT2D eigenvalue weighted by molar-refractivity contribution is -0.123. The molecule has 1 N–H and O–H groups in total. The molecule has 0 fully saturated rings. The van der Waals surface area contributed by atoms with E-state index in [0.717, 1.165) is 17.7 Å². The maximum atomic E-state index is 12.8. The van der Waals surface area contributed by atoms with Crippen molar-refractivity contribution >= 4 is 17.6 Å². The van der Waals surface area contributed by atoms with Crippen LogP contribution in [0.3, 0.4) is 0 Å². The molecule has 1 unspecified atom stereocenters. The summed E-state index contributed by atoms with van der Waals surface area (Å²) >= 11 is 0.